The molecule has 0 heterocycles. The van der Waals surface area contributed by atoms with Crippen molar-refractivity contribution in [3.63, 3.8) is 0 Å². The van der Waals surface area contributed by atoms with Crippen LogP contribution in [0.4, 0.5) is 0 Å². The summed E-state index contributed by atoms with van der Waals surface area (Å²) in [6, 6.07) is 0. The molecule has 6 N–H and O–H groups in total. The second-order valence-corrected chi connectivity index (χ2v) is 26.3. The van der Waals surface area contributed by atoms with Crippen LogP contribution in [0.15, 0.2) is 34.0 Å². The van der Waals surface area contributed by atoms with Crippen molar-refractivity contribution in [2.24, 2.45) is 71.0 Å². The lowest BCUT2D eigenvalue weighted by Crippen LogP contribution is -2.47. The van der Waals surface area contributed by atoms with Gasteiger partial charge >= 0.3 is 0 Å². The Hall–Kier alpha value is -4.47. The zero-order chi connectivity index (χ0) is 61.4. The highest BCUT2D eigenvalue weighted by molar-refractivity contribution is 6.27. The molecule has 0 fully saturated rings. The number of aliphatic hydroxyl groups excluding tert-OH is 3. The van der Waals surface area contributed by atoms with Gasteiger partial charge in [0.2, 0.25) is 0 Å². The van der Waals surface area contributed by atoms with Gasteiger partial charge < -0.3 is 30.6 Å². The van der Waals surface area contributed by atoms with E-state index >= 15 is 0 Å². The van der Waals surface area contributed by atoms with Gasteiger partial charge in [0.05, 0.1) is 17.8 Å². The van der Waals surface area contributed by atoms with Gasteiger partial charge in [-0.1, -0.05) is 144 Å². The highest BCUT2D eigenvalue weighted by Gasteiger charge is 2.61. The van der Waals surface area contributed by atoms with Gasteiger partial charge in [-0.05, 0) is 98.7 Å². The lowest BCUT2D eigenvalue weighted by Gasteiger charge is -2.28. The molecule has 0 bridgehead atoms. The van der Waals surface area contributed by atoms with E-state index in [4.69, 9.17) is 0 Å². The number of hydrogen-bond acceptors (Lipinski definition) is 15. The Morgan fingerprint density at radius 3 is 0.899 bits per heavy atom. The number of carbonyl (C=O) groups excluding carboxylic acids is 9. The molecule has 15 nitrogen and oxygen atoms in total. The van der Waals surface area contributed by atoms with E-state index in [2.05, 4.69) is 0 Å². The lowest BCUT2D eigenvalue weighted by molar-refractivity contribution is -0.145. The van der Waals surface area contributed by atoms with Crippen molar-refractivity contribution < 1.29 is 73.8 Å². The predicted octanol–water partition coefficient (Wildman–Crippen LogP) is 11.7. The molecule has 7 atom stereocenters. The summed E-state index contributed by atoms with van der Waals surface area (Å²) in [6.07, 6.45) is 5.82. The van der Waals surface area contributed by atoms with Gasteiger partial charge in [-0.15, -0.1) is 0 Å². The maximum atomic E-state index is 12.9. The summed E-state index contributed by atoms with van der Waals surface area (Å²) in [5.74, 6) is -8.92. The number of allylic oxidation sites excluding steroid dienone is 3. The molecule has 0 aromatic carbocycles. The normalized spacial score (nSPS) is 23.8. The minimum Gasteiger partial charge on any atom is -0.508 e. The van der Waals surface area contributed by atoms with Crippen LogP contribution in [0.1, 0.15) is 227 Å². The summed E-state index contributed by atoms with van der Waals surface area (Å²) in [6.45, 7) is 34.8. The van der Waals surface area contributed by atoms with Crippen molar-refractivity contribution in [2.75, 3.05) is 0 Å². The Labute approximate surface area is 473 Å². The van der Waals surface area contributed by atoms with Crippen molar-refractivity contribution in [2.45, 2.75) is 244 Å². The van der Waals surface area contributed by atoms with Crippen LogP contribution < -0.4 is 0 Å². The van der Waals surface area contributed by atoms with Gasteiger partial charge in [-0.25, -0.2) is 0 Å². The molecule has 3 aliphatic carbocycles. The van der Waals surface area contributed by atoms with E-state index in [0.717, 1.165) is 0 Å². The van der Waals surface area contributed by atoms with E-state index in [1.165, 1.54) is 0 Å². The number of hydrogen-bond donors (Lipinski definition) is 6. The monoisotopic (exact) mass is 1110 g/mol. The highest BCUT2D eigenvalue weighted by Crippen LogP contribution is 2.46. The fourth-order valence-corrected chi connectivity index (χ4v) is 10.1. The minimum absolute atomic E-state index is 0.00931. The molecule has 0 spiro atoms. The summed E-state index contributed by atoms with van der Waals surface area (Å²) in [5.41, 5.74) is -7.88. The second-order valence-electron chi connectivity index (χ2n) is 26.3. The third-order valence-electron chi connectivity index (χ3n) is 15.6. The molecule has 0 aromatic heterocycles. The van der Waals surface area contributed by atoms with Gasteiger partial charge in [0, 0.05) is 38.0 Å². The zero-order valence-electron chi connectivity index (χ0n) is 51.6. The van der Waals surface area contributed by atoms with Crippen LogP contribution in [0.5, 0.6) is 0 Å². The molecule has 0 saturated heterocycles. The average Bonchev–Trinajstić information content (AvgIpc) is 3.76. The lowest BCUT2D eigenvalue weighted by atomic mass is 9.79. The zero-order valence-corrected chi connectivity index (χ0v) is 51.6. The van der Waals surface area contributed by atoms with Crippen LogP contribution in [-0.2, 0) is 43.2 Å². The first kappa shape index (κ1) is 72.5. The van der Waals surface area contributed by atoms with E-state index in [9.17, 15) is 73.8 Å². The van der Waals surface area contributed by atoms with E-state index in [-0.39, 0.29) is 115 Å². The summed E-state index contributed by atoms with van der Waals surface area (Å²) in [5, 5.41) is 65.3. The molecule has 15 heteroatoms. The molecule has 3 aliphatic rings. The van der Waals surface area contributed by atoms with Gasteiger partial charge in [0.1, 0.15) is 34.0 Å². The second kappa shape index (κ2) is 31.7. The van der Waals surface area contributed by atoms with Crippen LogP contribution in [0.3, 0.4) is 0 Å². The van der Waals surface area contributed by atoms with Crippen molar-refractivity contribution in [1.29, 1.82) is 0 Å². The van der Waals surface area contributed by atoms with E-state index in [0.29, 0.717) is 51.4 Å². The Kier molecular flexibility index (Phi) is 29.1. The summed E-state index contributed by atoms with van der Waals surface area (Å²) >= 11 is 0. The quantitative estimate of drug-likeness (QED) is 0.0352. The first-order chi connectivity index (χ1) is 36.3. The van der Waals surface area contributed by atoms with E-state index in [1.54, 1.807) is 6.92 Å². The molecule has 0 amide bonds. The van der Waals surface area contributed by atoms with Crippen molar-refractivity contribution in [3.05, 3.63) is 34.0 Å². The molecule has 0 saturated carbocycles. The molecule has 450 valence electrons. The molecular formula is C64H104O15. The number of ketones is 9. The fourth-order valence-electron chi connectivity index (χ4n) is 10.1. The van der Waals surface area contributed by atoms with Crippen LogP contribution in [0.2, 0.25) is 0 Å². The molecule has 0 aliphatic heterocycles. The Bertz CT molecular complexity index is 2270. The van der Waals surface area contributed by atoms with Crippen molar-refractivity contribution in [3.8, 4) is 0 Å². The number of rotatable bonds is 31. The minimum atomic E-state index is -2.26. The fraction of sp³-hybridized carbons (Fsp3) is 0.766. The summed E-state index contributed by atoms with van der Waals surface area (Å²) in [7, 11) is 0. The number of carbonyl (C=O) groups is 9. The molecule has 0 aromatic rings. The van der Waals surface area contributed by atoms with Gasteiger partial charge in [0.15, 0.2) is 68.9 Å². The first-order valence-corrected chi connectivity index (χ1v) is 29.6. The van der Waals surface area contributed by atoms with Crippen LogP contribution in [0, 0.1) is 71.0 Å². The van der Waals surface area contributed by atoms with Crippen LogP contribution in [-0.4, -0.2) is 99.5 Å². The average molecular weight is 1110 g/mol. The van der Waals surface area contributed by atoms with Gasteiger partial charge in [-0.2, -0.15) is 0 Å². The van der Waals surface area contributed by atoms with E-state index in [1.807, 2.05) is 118 Å². The summed E-state index contributed by atoms with van der Waals surface area (Å²) in [4.78, 5) is 115. The smallest absolute Gasteiger partial charge is 0.190 e. The number of Topliss-reactive ketones (excluding diaryl/α,β-unsaturated/α-hetero) is 9. The standard InChI is InChI=1S/C22H36O5.2C21H34O5/c1-13(2)7-10-16-20(25)19(17(23)11-8-14(3)4)21(26)22(16,27)18(24)12-9-15(5)6;1-12(2)7-9-15-19(24)18(16(22)11-14(5)6)20(25)21(15,26)17(23)10-8-13(3)4;1-7-14(6)18(23)17-19(24)15(10-8-12(2)3)21(26,20(17)25)16(22)11-9-13(4)5/h13-16,26-27H,7-12H2,1-6H3;2*12-15,25-26H,7-11H2,1-6H3/t16-,22?;15-,21?;14?,15-,21?/m111/s1. The van der Waals surface area contributed by atoms with Gasteiger partial charge in [-0.3, -0.25) is 43.2 Å². The van der Waals surface area contributed by atoms with Crippen LogP contribution in [0.25, 0.3) is 0 Å². The van der Waals surface area contributed by atoms with Crippen molar-refractivity contribution in [1.82, 2.24) is 0 Å². The molecule has 4 unspecified atom stereocenters. The Morgan fingerprint density at radius 1 is 0.380 bits per heavy atom. The van der Waals surface area contributed by atoms with Crippen molar-refractivity contribution >= 4 is 52.0 Å². The predicted molar refractivity (Wildman–Crippen MR) is 307 cm³/mol. The first-order valence-electron chi connectivity index (χ1n) is 29.6. The largest absolute Gasteiger partial charge is 0.508 e. The number of aliphatic hydroxyl groups is 6. The molecule has 0 radical (unpaired) electrons. The molecule has 3 rings (SSSR count). The maximum absolute atomic E-state index is 12.9. The topological polar surface area (TPSA) is 275 Å². The highest BCUT2D eigenvalue weighted by atomic mass is 16.4. The Morgan fingerprint density at radius 2 is 0.633 bits per heavy atom. The Balaban J connectivity index is 0.000000593. The summed E-state index contributed by atoms with van der Waals surface area (Å²) < 4.78 is 0. The van der Waals surface area contributed by atoms with Crippen LogP contribution >= 0.6 is 0 Å². The SMILES string of the molecule is CC(C)CCC(=O)C1(O)C(O)=C(C(=O)CC(C)C)C(=O)[C@H]1CCC(C)C.CC(C)CCC(=O)C1=C(O)C(O)(C(=O)CCC(C)C)[C@H](CCC(C)C)C1=O.CCC(C)C(=O)C1=C(O)C(O)(C(=O)CCC(C)C)[C@H](CCC(C)C)C1=O. The molecule has 79 heavy (non-hydrogen) atoms. The molecular weight excluding hydrogens is 1010 g/mol. The maximum Gasteiger partial charge on any atom is 0.190 e. The van der Waals surface area contributed by atoms with E-state index < -0.39 is 110 Å². The van der Waals surface area contributed by atoms with Gasteiger partial charge in [0.25, 0.3) is 0 Å². The third-order valence-corrected chi connectivity index (χ3v) is 15.6. The third kappa shape index (κ3) is 18.5.